The van der Waals surface area contributed by atoms with Crippen LogP contribution in [0.4, 0.5) is 0 Å². The minimum Gasteiger partial charge on any atom is -0.383 e. The molecule has 0 unspecified atom stereocenters. The SMILES string of the molecule is COCCNCCC=C(C)c1ccc(C(C)(C)C)cc1. The van der Waals surface area contributed by atoms with E-state index in [0.29, 0.717) is 0 Å². The number of hydrogen-bond donors (Lipinski definition) is 1. The van der Waals surface area contributed by atoms with Crippen molar-refractivity contribution in [2.75, 3.05) is 26.8 Å². The zero-order valence-corrected chi connectivity index (χ0v) is 13.6. The highest BCUT2D eigenvalue weighted by molar-refractivity contribution is 5.63. The van der Waals surface area contributed by atoms with Crippen molar-refractivity contribution in [1.82, 2.24) is 5.32 Å². The molecule has 0 saturated heterocycles. The number of benzene rings is 1. The van der Waals surface area contributed by atoms with Crippen molar-refractivity contribution in [3.8, 4) is 0 Å². The van der Waals surface area contributed by atoms with Gasteiger partial charge in [0.05, 0.1) is 6.61 Å². The number of hydrogen-bond acceptors (Lipinski definition) is 2. The Bertz CT molecular complexity index is 412. The Balaban J connectivity index is 2.48. The molecule has 0 aliphatic rings. The van der Waals surface area contributed by atoms with Crippen LogP contribution < -0.4 is 5.32 Å². The normalized spacial score (nSPS) is 12.8. The molecule has 0 saturated carbocycles. The van der Waals surface area contributed by atoms with Gasteiger partial charge in [-0.3, -0.25) is 0 Å². The second-order valence-electron chi connectivity index (χ2n) is 6.25. The molecule has 1 aromatic rings. The number of nitrogens with one attached hydrogen (secondary N) is 1. The molecular formula is C18H29NO. The van der Waals surface area contributed by atoms with Crippen LogP contribution in [0.1, 0.15) is 45.2 Å². The van der Waals surface area contributed by atoms with Gasteiger partial charge in [-0.25, -0.2) is 0 Å². The summed E-state index contributed by atoms with van der Waals surface area (Å²) in [5, 5.41) is 3.35. The van der Waals surface area contributed by atoms with Crippen LogP contribution in [0.25, 0.3) is 5.57 Å². The molecule has 0 fully saturated rings. The molecule has 112 valence electrons. The van der Waals surface area contributed by atoms with E-state index in [9.17, 15) is 0 Å². The van der Waals surface area contributed by atoms with Gasteiger partial charge in [0, 0.05) is 13.7 Å². The maximum Gasteiger partial charge on any atom is 0.0587 e. The minimum atomic E-state index is 0.224. The second-order valence-corrected chi connectivity index (χ2v) is 6.25. The Hall–Kier alpha value is -1.12. The first-order valence-corrected chi connectivity index (χ1v) is 7.42. The average Bonchev–Trinajstić information content (AvgIpc) is 2.41. The van der Waals surface area contributed by atoms with E-state index in [0.717, 1.165) is 26.1 Å². The second kappa shape index (κ2) is 8.23. The molecule has 0 heterocycles. The van der Waals surface area contributed by atoms with E-state index in [4.69, 9.17) is 4.74 Å². The molecule has 2 nitrogen and oxygen atoms in total. The monoisotopic (exact) mass is 275 g/mol. The van der Waals surface area contributed by atoms with Crippen molar-refractivity contribution in [3.05, 3.63) is 41.5 Å². The number of ether oxygens (including phenoxy) is 1. The molecule has 0 aromatic heterocycles. The predicted octanol–water partition coefficient (Wildman–Crippen LogP) is 4.01. The van der Waals surface area contributed by atoms with Gasteiger partial charge in [0.15, 0.2) is 0 Å². The van der Waals surface area contributed by atoms with Crippen LogP contribution in [-0.2, 0) is 10.2 Å². The molecule has 0 atom stereocenters. The zero-order valence-electron chi connectivity index (χ0n) is 13.6. The summed E-state index contributed by atoms with van der Waals surface area (Å²) < 4.78 is 5.00. The van der Waals surface area contributed by atoms with Crippen LogP contribution in [0.5, 0.6) is 0 Å². The highest BCUT2D eigenvalue weighted by Gasteiger charge is 2.12. The van der Waals surface area contributed by atoms with E-state index in [1.165, 1.54) is 16.7 Å². The van der Waals surface area contributed by atoms with Gasteiger partial charge in [0.2, 0.25) is 0 Å². The number of allylic oxidation sites excluding steroid dienone is 1. The Morgan fingerprint density at radius 1 is 1.15 bits per heavy atom. The van der Waals surface area contributed by atoms with Crippen LogP contribution in [0, 0.1) is 0 Å². The maximum absolute atomic E-state index is 5.00. The van der Waals surface area contributed by atoms with Crippen molar-refractivity contribution >= 4 is 5.57 Å². The summed E-state index contributed by atoms with van der Waals surface area (Å²) in [5.41, 5.74) is 4.27. The van der Waals surface area contributed by atoms with Gasteiger partial charge in [-0.2, -0.15) is 0 Å². The molecule has 1 aromatic carbocycles. The Morgan fingerprint density at radius 2 is 1.80 bits per heavy atom. The Labute approximate surface area is 124 Å². The summed E-state index contributed by atoms with van der Waals surface area (Å²) in [5.74, 6) is 0. The van der Waals surface area contributed by atoms with Crippen molar-refractivity contribution in [2.45, 2.75) is 39.5 Å². The fourth-order valence-corrected chi connectivity index (χ4v) is 2.04. The molecule has 0 bridgehead atoms. The van der Waals surface area contributed by atoms with E-state index in [2.05, 4.69) is 63.4 Å². The van der Waals surface area contributed by atoms with Crippen molar-refractivity contribution in [2.24, 2.45) is 0 Å². The third-order valence-electron chi connectivity index (χ3n) is 3.46. The van der Waals surface area contributed by atoms with E-state index in [1.54, 1.807) is 7.11 Å². The fourth-order valence-electron chi connectivity index (χ4n) is 2.04. The largest absolute Gasteiger partial charge is 0.383 e. The van der Waals surface area contributed by atoms with Gasteiger partial charge in [-0.1, -0.05) is 51.1 Å². The van der Waals surface area contributed by atoms with Gasteiger partial charge in [0.1, 0.15) is 0 Å². The molecule has 0 spiro atoms. The van der Waals surface area contributed by atoms with E-state index >= 15 is 0 Å². The van der Waals surface area contributed by atoms with E-state index in [1.807, 2.05) is 0 Å². The van der Waals surface area contributed by atoms with Gasteiger partial charge >= 0.3 is 0 Å². The quantitative estimate of drug-likeness (QED) is 0.759. The molecule has 0 aliphatic carbocycles. The summed E-state index contributed by atoms with van der Waals surface area (Å²) in [6, 6.07) is 8.93. The first-order valence-electron chi connectivity index (χ1n) is 7.42. The van der Waals surface area contributed by atoms with Crippen LogP contribution in [-0.4, -0.2) is 26.8 Å². The molecule has 1 N–H and O–H groups in total. The fraction of sp³-hybridized carbons (Fsp3) is 0.556. The van der Waals surface area contributed by atoms with Gasteiger partial charge in [-0.15, -0.1) is 0 Å². The van der Waals surface area contributed by atoms with Crippen LogP contribution in [0.2, 0.25) is 0 Å². The first-order chi connectivity index (χ1) is 9.45. The summed E-state index contributed by atoms with van der Waals surface area (Å²) in [6.45, 7) is 11.6. The van der Waals surface area contributed by atoms with Crippen LogP contribution in [0.3, 0.4) is 0 Å². The smallest absolute Gasteiger partial charge is 0.0587 e. The standard InChI is InChI=1S/C18H29NO/c1-15(7-6-12-19-13-14-20-5)16-8-10-17(11-9-16)18(2,3)4/h7-11,19H,6,12-14H2,1-5H3. The molecule has 0 amide bonds. The lowest BCUT2D eigenvalue weighted by atomic mass is 9.86. The van der Waals surface area contributed by atoms with Gasteiger partial charge in [-0.05, 0) is 42.0 Å². The van der Waals surface area contributed by atoms with E-state index < -0.39 is 0 Å². The lowest BCUT2D eigenvalue weighted by molar-refractivity contribution is 0.199. The van der Waals surface area contributed by atoms with Crippen molar-refractivity contribution in [1.29, 1.82) is 0 Å². The first kappa shape index (κ1) is 16.9. The highest BCUT2D eigenvalue weighted by Crippen LogP contribution is 2.24. The van der Waals surface area contributed by atoms with Gasteiger partial charge in [0.25, 0.3) is 0 Å². The Kier molecular flexibility index (Phi) is 6.97. The summed E-state index contributed by atoms with van der Waals surface area (Å²) in [7, 11) is 1.73. The van der Waals surface area contributed by atoms with Crippen LogP contribution >= 0.6 is 0 Å². The molecular weight excluding hydrogens is 246 g/mol. The van der Waals surface area contributed by atoms with Crippen LogP contribution in [0.15, 0.2) is 30.3 Å². The van der Waals surface area contributed by atoms with Crippen molar-refractivity contribution < 1.29 is 4.74 Å². The highest BCUT2D eigenvalue weighted by atomic mass is 16.5. The minimum absolute atomic E-state index is 0.224. The third kappa shape index (κ3) is 5.89. The lowest BCUT2D eigenvalue weighted by Gasteiger charge is -2.19. The van der Waals surface area contributed by atoms with Crippen molar-refractivity contribution in [3.63, 3.8) is 0 Å². The molecule has 1 rings (SSSR count). The number of rotatable bonds is 7. The molecule has 0 radical (unpaired) electrons. The molecule has 20 heavy (non-hydrogen) atoms. The average molecular weight is 275 g/mol. The lowest BCUT2D eigenvalue weighted by Crippen LogP contribution is -2.19. The molecule has 2 heteroatoms. The third-order valence-corrected chi connectivity index (χ3v) is 3.46. The maximum atomic E-state index is 5.00. The number of methoxy groups -OCH3 is 1. The predicted molar refractivity (Wildman–Crippen MR) is 88.2 cm³/mol. The molecule has 0 aliphatic heterocycles. The summed E-state index contributed by atoms with van der Waals surface area (Å²) in [6.07, 6.45) is 3.35. The summed E-state index contributed by atoms with van der Waals surface area (Å²) in [4.78, 5) is 0. The Morgan fingerprint density at radius 3 is 2.35 bits per heavy atom. The topological polar surface area (TPSA) is 21.3 Å². The zero-order chi connectivity index (χ0) is 15.0. The van der Waals surface area contributed by atoms with Gasteiger partial charge < -0.3 is 10.1 Å². The summed E-state index contributed by atoms with van der Waals surface area (Å²) >= 11 is 0. The van der Waals surface area contributed by atoms with E-state index in [-0.39, 0.29) is 5.41 Å².